The first kappa shape index (κ1) is 17.7. The third-order valence-electron chi connectivity index (χ3n) is 1.46. The maximum absolute atomic E-state index is 11.0. The van der Waals surface area contributed by atoms with E-state index in [-0.39, 0.29) is 55.0 Å². The Bertz CT molecular complexity index is 165. The van der Waals surface area contributed by atoms with E-state index in [1.165, 1.54) is 5.06 Å². The summed E-state index contributed by atoms with van der Waals surface area (Å²) < 4.78 is 0. The Morgan fingerprint density at radius 1 is 1.27 bits per heavy atom. The van der Waals surface area contributed by atoms with Crippen molar-refractivity contribution in [2.75, 3.05) is 13.1 Å². The number of aliphatic hydroxyl groups excluding tert-OH is 2. The Morgan fingerprint density at radius 2 is 1.67 bits per heavy atom. The van der Waals surface area contributed by atoms with Crippen LogP contribution in [0.15, 0.2) is 0 Å². The van der Waals surface area contributed by atoms with Crippen LogP contribution in [0.5, 0.6) is 0 Å². The van der Waals surface area contributed by atoms with Crippen LogP contribution in [0.4, 0.5) is 0 Å². The van der Waals surface area contributed by atoms with Crippen LogP contribution in [0.25, 0.3) is 0 Å². The second-order valence-electron chi connectivity index (χ2n) is 3.36. The second kappa shape index (κ2) is 9.57. The molecule has 86 valence electrons. The Hall–Kier alpha value is 0.350. The van der Waals surface area contributed by atoms with E-state index in [1.54, 1.807) is 20.8 Å². The van der Waals surface area contributed by atoms with Gasteiger partial charge in [-0.2, -0.15) is 0 Å². The summed E-state index contributed by atoms with van der Waals surface area (Å²) in [5.41, 5.74) is 0. The Morgan fingerprint density at radius 3 is 1.93 bits per heavy atom. The van der Waals surface area contributed by atoms with Crippen molar-refractivity contribution in [1.82, 2.24) is 5.06 Å². The van der Waals surface area contributed by atoms with Crippen molar-refractivity contribution in [3.63, 3.8) is 0 Å². The average Bonchev–Trinajstić information content (AvgIpc) is 2.01. The molecule has 0 spiro atoms. The standard InChI is InChI=1S/C9H19NO4.Na.H/c1-4-9(13)14-10(5-7(2)11)6-8(3)12;;/h7-8,11-12H,4-6H2,1-3H3;;. The monoisotopic (exact) mass is 229 g/mol. The van der Waals surface area contributed by atoms with Gasteiger partial charge in [0.1, 0.15) is 0 Å². The molecule has 0 aromatic heterocycles. The van der Waals surface area contributed by atoms with Gasteiger partial charge < -0.3 is 15.1 Å². The van der Waals surface area contributed by atoms with Gasteiger partial charge in [0.2, 0.25) is 0 Å². The van der Waals surface area contributed by atoms with E-state index in [0.29, 0.717) is 0 Å². The van der Waals surface area contributed by atoms with Crippen LogP contribution in [0.1, 0.15) is 27.2 Å². The number of nitrogens with zero attached hydrogens (tertiary/aromatic N) is 1. The van der Waals surface area contributed by atoms with Crippen LogP contribution < -0.4 is 0 Å². The maximum atomic E-state index is 11.0. The van der Waals surface area contributed by atoms with Crippen molar-refractivity contribution >= 4 is 35.5 Å². The summed E-state index contributed by atoms with van der Waals surface area (Å²) in [4.78, 5) is 15.9. The topological polar surface area (TPSA) is 70.0 Å². The summed E-state index contributed by atoms with van der Waals surface area (Å²) in [5.74, 6) is -0.369. The summed E-state index contributed by atoms with van der Waals surface area (Å²) in [5, 5.41) is 19.5. The fraction of sp³-hybridized carbons (Fsp3) is 0.889. The third-order valence-corrected chi connectivity index (χ3v) is 1.46. The van der Waals surface area contributed by atoms with Gasteiger partial charge in [0, 0.05) is 6.42 Å². The summed E-state index contributed by atoms with van der Waals surface area (Å²) in [6, 6.07) is 0. The van der Waals surface area contributed by atoms with Gasteiger partial charge in [-0.1, -0.05) is 6.92 Å². The van der Waals surface area contributed by atoms with Crippen molar-refractivity contribution in [3.05, 3.63) is 0 Å². The first-order valence-electron chi connectivity index (χ1n) is 4.77. The predicted octanol–water partition coefficient (Wildman–Crippen LogP) is -0.730. The number of hydrogen-bond acceptors (Lipinski definition) is 5. The molecule has 0 aliphatic rings. The fourth-order valence-electron chi connectivity index (χ4n) is 0.947. The summed E-state index contributed by atoms with van der Waals surface area (Å²) in [6.07, 6.45) is -0.923. The van der Waals surface area contributed by atoms with E-state index in [0.717, 1.165) is 0 Å². The molecule has 0 bridgehead atoms. The van der Waals surface area contributed by atoms with Crippen molar-refractivity contribution in [2.45, 2.75) is 39.4 Å². The first-order valence-corrected chi connectivity index (χ1v) is 4.77. The molecule has 6 heteroatoms. The normalized spacial score (nSPS) is 14.3. The fourth-order valence-corrected chi connectivity index (χ4v) is 0.947. The van der Waals surface area contributed by atoms with Gasteiger partial charge in [0.05, 0.1) is 25.3 Å². The van der Waals surface area contributed by atoms with E-state index in [9.17, 15) is 4.79 Å². The number of carbonyl (C=O) groups excluding carboxylic acids is 1. The van der Waals surface area contributed by atoms with E-state index >= 15 is 0 Å². The SMILES string of the molecule is CCC(=O)ON(CC(C)O)CC(C)O.[NaH]. The summed E-state index contributed by atoms with van der Waals surface area (Å²) >= 11 is 0. The zero-order valence-corrected chi connectivity index (χ0v) is 8.93. The molecule has 0 radical (unpaired) electrons. The van der Waals surface area contributed by atoms with Crippen LogP contribution in [-0.4, -0.2) is 76.1 Å². The van der Waals surface area contributed by atoms with Crippen molar-refractivity contribution in [3.8, 4) is 0 Å². The number of hydrogen-bond donors (Lipinski definition) is 2. The molecule has 0 aliphatic heterocycles. The molecule has 0 saturated heterocycles. The van der Waals surface area contributed by atoms with E-state index in [1.807, 2.05) is 0 Å². The van der Waals surface area contributed by atoms with Crippen LogP contribution >= 0.6 is 0 Å². The third kappa shape index (κ3) is 10.6. The molecule has 0 heterocycles. The molecule has 2 N–H and O–H groups in total. The van der Waals surface area contributed by atoms with Crippen LogP contribution in [-0.2, 0) is 9.63 Å². The first-order chi connectivity index (χ1) is 6.45. The molecule has 0 fully saturated rings. The number of carbonyl (C=O) groups is 1. The van der Waals surface area contributed by atoms with Gasteiger partial charge in [0.15, 0.2) is 0 Å². The molecule has 0 amide bonds. The molecule has 0 rings (SSSR count). The second-order valence-corrected chi connectivity index (χ2v) is 3.36. The number of aliphatic hydroxyl groups is 2. The zero-order chi connectivity index (χ0) is 11.1. The van der Waals surface area contributed by atoms with Gasteiger partial charge in [-0.3, -0.25) is 4.79 Å². The van der Waals surface area contributed by atoms with E-state index in [4.69, 9.17) is 15.1 Å². The molecular formula is C9H20NNaO4. The van der Waals surface area contributed by atoms with Gasteiger partial charge in [0.25, 0.3) is 0 Å². The summed E-state index contributed by atoms with van der Waals surface area (Å²) in [7, 11) is 0. The molecule has 2 unspecified atom stereocenters. The molecule has 0 aliphatic carbocycles. The Kier molecular flexibility index (Phi) is 11.3. The minimum absolute atomic E-state index is 0. The molecule has 0 saturated carbocycles. The van der Waals surface area contributed by atoms with Gasteiger partial charge >= 0.3 is 35.5 Å². The molecule has 0 aromatic rings. The summed E-state index contributed by atoms with van der Waals surface area (Å²) in [6.45, 7) is 5.28. The predicted molar refractivity (Wildman–Crippen MR) is 58.5 cm³/mol. The van der Waals surface area contributed by atoms with E-state index < -0.39 is 12.2 Å². The van der Waals surface area contributed by atoms with Crippen LogP contribution in [0.2, 0.25) is 0 Å². The van der Waals surface area contributed by atoms with E-state index in [2.05, 4.69) is 0 Å². The van der Waals surface area contributed by atoms with Crippen LogP contribution in [0.3, 0.4) is 0 Å². The van der Waals surface area contributed by atoms with Crippen molar-refractivity contribution < 1.29 is 19.8 Å². The van der Waals surface area contributed by atoms with Gasteiger partial charge in [-0.25, -0.2) is 0 Å². The van der Waals surface area contributed by atoms with Gasteiger partial charge in [-0.15, -0.1) is 5.06 Å². The van der Waals surface area contributed by atoms with Crippen molar-refractivity contribution in [2.24, 2.45) is 0 Å². The molecular weight excluding hydrogens is 209 g/mol. The minimum atomic E-state index is -0.599. The number of hydroxylamine groups is 2. The Labute approximate surface area is 113 Å². The zero-order valence-electron chi connectivity index (χ0n) is 8.93. The van der Waals surface area contributed by atoms with Gasteiger partial charge in [-0.05, 0) is 13.8 Å². The van der Waals surface area contributed by atoms with Crippen molar-refractivity contribution in [1.29, 1.82) is 0 Å². The molecule has 0 aromatic carbocycles. The Balaban J connectivity index is 0. The number of rotatable bonds is 6. The molecule has 5 nitrogen and oxygen atoms in total. The molecule has 15 heavy (non-hydrogen) atoms. The molecule has 2 atom stereocenters. The van der Waals surface area contributed by atoms with Crippen LogP contribution in [0, 0.1) is 0 Å². The quantitative estimate of drug-likeness (QED) is 0.464. The average molecular weight is 229 g/mol.